The lowest BCUT2D eigenvalue weighted by molar-refractivity contribution is 0.922. The van der Waals surface area contributed by atoms with Crippen LogP contribution in [0.5, 0.6) is 0 Å². The summed E-state index contributed by atoms with van der Waals surface area (Å²) in [5, 5.41) is 12.9. The Balaban J connectivity index is 0.865. The normalized spacial score (nSPS) is 13.3. The summed E-state index contributed by atoms with van der Waals surface area (Å²) >= 11 is 0. The van der Waals surface area contributed by atoms with Crippen LogP contribution in [0.3, 0.4) is 0 Å². The number of fused-ring (bicyclic) bond motifs is 9. The average molecular weight is 917 g/mol. The van der Waals surface area contributed by atoms with E-state index < -0.39 is 0 Å². The number of benzene rings is 12. The molecule has 0 saturated heterocycles. The van der Waals surface area contributed by atoms with Crippen molar-refractivity contribution >= 4 is 83.3 Å². The second kappa shape index (κ2) is 17.3. The van der Waals surface area contributed by atoms with Crippen molar-refractivity contribution < 1.29 is 0 Å². The molecule has 338 valence electrons. The Labute approximate surface area is 418 Å². The molecule has 0 amide bonds. The van der Waals surface area contributed by atoms with Gasteiger partial charge in [-0.15, -0.1) is 0 Å². The van der Waals surface area contributed by atoms with Crippen LogP contribution in [0.1, 0.15) is 17.9 Å². The van der Waals surface area contributed by atoms with E-state index >= 15 is 0 Å². The van der Waals surface area contributed by atoms with E-state index in [4.69, 9.17) is 0 Å². The molecule has 1 atom stereocenters. The van der Waals surface area contributed by atoms with Gasteiger partial charge in [0.1, 0.15) is 0 Å². The van der Waals surface area contributed by atoms with Crippen molar-refractivity contribution in [1.82, 2.24) is 4.57 Å². The molecule has 72 heavy (non-hydrogen) atoms. The first-order valence-electron chi connectivity index (χ1n) is 25.1. The van der Waals surface area contributed by atoms with Gasteiger partial charge in [-0.3, -0.25) is 0 Å². The minimum absolute atomic E-state index is 0.300. The Morgan fingerprint density at radius 1 is 0.361 bits per heavy atom. The van der Waals surface area contributed by atoms with E-state index in [1.807, 2.05) is 0 Å². The Morgan fingerprint density at radius 2 is 0.986 bits per heavy atom. The molecule has 14 rings (SSSR count). The van der Waals surface area contributed by atoms with Gasteiger partial charge in [0.25, 0.3) is 0 Å². The number of para-hydroxylation sites is 2. The summed E-state index contributed by atoms with van der Waals surface area (Å²) in [7, 11) is 0. The average Bonchev–Trinajstić information content (AvgIpc) is 3.80. The lowest BCUT2D eigenvalue weighted by Gasteiger charge is -2.27. The highest BCUT2D eigenvalue weighted by Crippen LogP contribution is 2.43. The highest BCUT2D eigenvalue weighted by atomic mass is 15.1. The van der Waals surface area contributed by atoms with Gasteiger partial charge in [0.2, 0.25) is 0 Å². The Morgan fingerprint density at radius 3 is 1.81 bits per heavy atom. The van der Waals surface area contributed by atoms with E-state index in [0.29, 0.717) is 5.92 Å². The third-order valence-electron chi connectivity index (χ3n) is 15.1. The van der Waals surface area contributed by atoms with E-state index in [-0.39, 0.29) is 0 Å². The maximum atomic E-state index is 2.46. The van der Waals surface area contributed by atoms with Gasteiger partial charge in [-0.25, -0.2) is 0 Å². The number of hydrogen-bond acceptors (Lipinski definition) is 1. The SMILES string of the molecule is C1=c2ccc3ccccc3c2=CCC1c1ccc(N(c2ccc(-c3cc4ccccc4c4ccccc34)cc2)c2cccc(-c3cccc(-c4cccc5c4c4ccccc4n5-c4ccccc4)c3)c2)cc1. The first-order valence-corrected chi connectivity index (χ1v) is 25.1. The fourth-order valence-corrected chi connectivity index (χ4v) is 11.7. The molecule has 1 aliphatic rings. The summed E-state index contributed by atoms with van der Waals surface area (Å²) in [5.74, 6) is 0.300. The van der Waals surface area contributed by atoms with Crippen molar-refractivity contribution in [3.63, 3.8) is 0 Å². The van der Waals surface area contributed by atoms with Crippen molar-refractivity contribution in [2.45, 2.75) is 12.3 Å². The van der Waals surface area contributed by atoms with Gasteiger partial charge >= 0.3 is 0 Å². The van der Waals surface area contributed by atoms with Gasteiger partial charge in [-0.1, -0.05) is 200 Å². The Hall–Kier alpha value is -9.24. The van der Waals surface area contributed by atoms with E-state index in [9.17, 15) is 0 Å². The molecule has 0 aliphatic heterocycles. The zero-order valence-corrected chi connectivity index (χ0v) is 39.7. The number of rotatable bonds is 8. The fraction of sp³-hybridized carbons (Fsp3) is 0.0286. The standard InChI is InChI=1S/C70H48N2/c1-2-20-56(21-3-1)72-68-29-11-10-27-66(68)70-63(28-14-30-69(70)72)53-19-12-17-50(43-53)51-18-13-22-59(45-51)71(57-38-33-47(34-39-57)52-37-42-62-55(44-52)32-31-48-15-4-6-23-60(48)62)58-40-35-49(36-41-58)67-46-54-16-5-7-24-61(54)64-25-8-9-26-65(64)67/h1-36,38-46,52H,37H2. The zero-order chi connectivity index (χ0) is 47.5. The molecule has 0 radical (unpaired) electrons. The summed E-state index contributed by atoms with van der Waals surface area (Å²) in [4.78, 5) is 2.41. The van der Waals surface area contributed by atoms with Crippen LogP contribution in [-0.2, 0) is 0 Å². The van der Waals surface area contributed by atoms with E-state index in [0.717, 1.165) is 34.7 Å². The van der Waals surface area contributed by atoms with E-state index in [2.05, 4.69) is 282 Å². The van der Waals surface area contributed by atoms with Crippen LogP contribution in [0.25, 0.3) is 105 Å². The second-order valence-corrected chi connectivity index (χ2v) is 19.2. The molecule has 0 N–H and O–H groups in total. The first-order chi connectivity index (χ1) is 35.7. The van der Waals surface area contributed by atoms with Crippen molar-refractivity contribution in [2.24, 2.45) is 0 Å². The fourth-order valence-electron chi connectivity index (χ4n) is 11.7. The minimum atomic E-state index is 0.300. The first kappa shape index (κ1) is 41.7. The third kappa shape index (κ3) is 7.10. The molecule has 2 heteroatoms. The smallest absolute Gasteiger partial charge is 0.0547 e. The Kier molecular flexibility index (Phi) is 10.0. The Bertz CT molecular complexity index is 4350. The molecule has 0 fully saturated rings. The van der Waals surface area contributed by atoms with Crippen LogP contribution >= 0.6 is 0 Å². The molecule has 0 saturated carbocycles. The molecular formula is C70H48N2. The highest BCUT2D eigenvalue weighted by Gasteiger charge is 2.19. The molecule has 1 aliphatic carbocycles. The summed E-state index contributed by atoms with van der Waals surface area (Å²) < 4.78 is 2.39. The van der Waals surface area contributed by atoms with Crippen molar-refractivity contribution in [3.05, 3.63) is 277 Å². The second-order valence-electron chi connectivity index (χ2n) is 19.2. The van der Waals surface area contributed by atoms with Crippen LogP contribution in [-0.4, -0.2) is 4.57 Å². The van der Waals surface area contributed by atoms with Crippen LogP contribution in [0.2, 0.25) is 0 Å². The highest BCUT2D eigenvalue weighted by molar-refractivity contribution is 6.16. The maximum absolute atomic E-state index is 2.46. The van der Waals surface area contributed by atoms with E-state index in [1.165, 1.54) is 97.9 Å². The summed E-state index contributed by atoms with van der Waals surface area (Å²) in [5.41, 5.74) is 15.4. The van der Waals surface area contributed by atoms with Crippen LogP contribution < -0.4 is 15.3 Å². The topological polar surface area (TPSA) is 8.17 Å². The van der Waals surface area contributed by atoms with Gasteiger partial charge in [-0.2, -0.15) is 0 Å². The number of nitrogens with zero attached hydrogens (tertiary/aromatic N) is 2. The lowest BCUT2D eigenvalue weighted by Crippen LogP contribution is -2.29. The molecule has 13 aromatic rings. The molecule has 1 unspecified atom stereocenters. The quantitative estimate of drug-likeness (QED) is 0.138. The number of aromatic nitrogens is 1. The third-order valence-corrected chi connectivity index (χ3v) is 15.1. The van der Waals surface area contributed by atoms with Gasteiger partial charge in [0.15, 0.2) is 0 Å². The van der Waals surface area contributed by atoms with Crippen molar-refractivity contribution in [3.8, 4) is 39.1 Å². The molecule has 12 aromatic carbocycles. The van der Waals surface area contributed by atoms with Crippen LogP contribution in [0, 0.1) is 0 Å². The predicted octanol–water partition coefficient (Wildman–Crippen LogP) is 17.5. The van der Waals surface area contributed by atoms with Crippen LogP contribution in [0.15, 0.2) is 261 Å². The summed E-state index contributed by atoms with van der Waals surface area (Å²) in [6, 6.07) is 96.0. The molecule has 1 heterocycles. The summed E-state index contributed by atoms with van der Waals surface area (Å²) in [6.07, 6.45) is 5.87. The van der Waals surface area contributed by atoms with Crippen LogP contribution in [0.4, 0.5) is 17.1 Å². The van der Waals surface area contributed by atoms with Crippen molar-refractivity contribution in [2.75, 3.05) is 4.90 Å². The molecule has 0 spiro atoms. The van der Waals surface area contributed by atoms with Gasteiger partial charge < -0.3 is 9.47 Å². The monoisotopic (exact) mass is 916 g/mol. The number of hydrogen-bond donors (Lipinski definition) is 0. The number of anilines is 3. The van der Waals surface area contributed by atoms with Gasteiger partial charge in [0.05, 0.1) is 11.0 Å². The largest absolute Gasteiger partial charge is 0.310 e. The zero-order valence-electron chi connectivity index (χ0n) is 39.7. The maximum Gasteiger partial charge on any atom is 0.0547 e. The molecule has 1 aromatic heterocycles. The lowest BCUT2D eigenvalue weighted by atomic mass is 9.89. The van der Waals surface area contributed by atoms with E-state index in [1.54, 1.807) is 0 Å². The van der Waals surface area contributed by atoms with Gasteiger partial charge in [0, 0.05) is 39.4 Å². The van der Waals surface area contributed by atoms with Gasteiger partial charge in [-0.05, 0) is 161 Å². The molecule has 2 nitrogen and oxygen atoms in total. The molecular weight excluding hydrogens is 869 g/mol. The summed E-state index contributed by atoms with van der Waals surface area (Å²) in [6.45, 7) is 0. The predicted molar refractivity (Wildman–Crippen MR) is 306 cm³/mol. The molecule has 0 bridgehead atoms. The van der Waals surface area contributed by atoms with Crippen molar-refractivity contribution in [1.29, 1.82) is 0 Å². The minimum Gasteiger partial charge on any atom is -0.310 e.